The lowest BCUT2D eigenvalue weighted by Gasteiger charge is -2.30. The van der Waals surface area contributed by atoms with Crippen LogP contribution in [0.15, 0.2) is 0 Å². The van der Waals surface area contributed by atoms with E-state index in [9.17, 15) is 0 Å². The Morgan fingerprint density at radius 1 is 1.20 bits per heavy atom. The molecule has 0 spiro atoms. The van der Waals surface area contributed by atoms with Gasteiger partial charge in [-0.05, 0) is 25.6 Å². The average molecular weight is 158 g/mol. The van der Waals surface area contributed by atoms with Crippen molar-refractivity contribution >= 4 is 8.32 Å². The van der Waals surface area contributed by atoms with E-state index in [1.165, 1.54) is 31.4 Å². The second kappa shape index (κ2) is 3.53. The van der Waals surface area contributed by atoms with Crippen LogP contribution >= 0.6 is 0 Å². The molecule has 10 heavy (non-hydrogen) atoms. The first-order chi connectivity index (χ1) is 4.77. The monoisotopic (exact) mass is 158 g/mol. The van der Waals surface area contributed by atoms with Gasteiger partial charge in [-0.3, -0.25) is 0 Å². The highest BCUT2D eigenvalue weighted by molar-refractivity contribution is 6.72. The zero-order valence-electron chi connectivity index (χ0n) is 7.15. The molecule has 0 unspecified atom stereocenters. The van der Waals surface area contributed by atoms with E-state index in [1.54, 1.807) is 0 Å². The Kier molecular flexibility index (Phi) is 2.92. The topological polar surface area (TPSA) is 9.23 Å². The van der Waals surface area contributed by atoms with E-state index in [0.717, 1.165) is 6.61 Å². The quantitative estimate of drug-likeness (QED) is 0.561. The second-order valence-corrected chi connectivity index (χ2v) is 7.63. The number of hydrogen-bond acceptors (Lipinski definition) is 1. The molecule has 0 amide bonds. The van der Waals surface area contributed by atoms with Gasteiger partial charge in [-0.15, -0.1) is 0 Å². The highest BCUT2D eigenvalue weighted by Gasteiger charge is 2.29. The predicted octanol–water partition coefficient (Wildman–Crippen LogP) is 2.78. The standard InChI is InChI=1S/C8H18OSi/c1-3-9-10(2)7-5-4-6-8-10/h3-8H2,1-2H3. The molecule has 1 nitrogen and oxygen atoms in total. The highest BCUT2D eigenvalue weighted by atomic mass is 28.4. The van der Waals surface area contributed by atoms with Crippen LogP contribution in [0.5, 0.6) is 0 Å². The Bertz CT molecular complexity index is 91.9. The SMILES string of the molecule is CCO[Si]1(C)CCCCC1. The van der Waals surface area contributed by atoms with Crippen LogP contribution in [-0.2, 0) is 4.43 Å². The van der Waals surface area contributed by atoms with Crippen molar-refractivity contribution in [3.63, 3.8) is 0 Å². The van der Waals surface area contributed by atoms with E-state index in [-0.39, 0.29) is 0 Å². The van der Waals surface area contributed by atoms with E-state index in [0.29, 0.717) is 0 Å². The van der Waals surface area contributed by atoms with Gasteiger partial charge in [0.05, 0.1) is 0 Å². The summed E-state index contributed by atoms with van der Waals surface area (Å²) in [6.07, 6.45) is 4.28. The molecule has 0 aromatic heterocycles. The van der Waals surface area contributed by atoms with Crippen LogP contribution in [0.3, 0.4) is 0 Å². The molecule has 0 bridgehead atoms. The third kappa shape index (κ3) is 2.10. The summed E-state index contributed by atoms with van der Waals surface area (Å²) >= 11 is 0. The van der Waals surface area contributed by atoms with Gasteiger partial charge in [0, 0.05) is 6.61 Å². The van der Waals surface area contributed by atoms with Crippen LogP contribution in [0.2, 0.25) is 18.6 Å². The maximum absolute atomic E-state index is 5.81. The molecule has 0 N–H and O–H groups in total. The van der Waals surface area contributed by atoms with Gasteiger partial charge in [0.2, 0.25) is 0 Å². The van der Waals surface area contributed by atoms with Gasteiger partial charge in [-0.2, -0.15) is 0 Å². The number of hydrogen-bond donors (Lipinski definition) is 0. The van der Waals surface area contributed by atoms with E-state index >= 15 is 0 Å². The van der Waals surface area contributed by atoms with Crippen molar-refractivity contribution in [2.24, 2.45) is 0 Å². The van der Waals surface area contributed by atoms with Crippen LogP contribution in [0.4, 0.5) is 0 Å². The lowest BCUT2D eigenvalue weighted by atomic mass is 10.3. The Morgan fingerprint density at radius 2 is 1.80 bits per heavy atom. The fraction of sp³-hybridized carbons (Fsp3) is 1.00. The summed E-state index contributed by atoms with van der Waals surface area (Å²) in [6, 6.07) is 2.81. The molecule has 0 aromatic rings. The van der Waals surface area contributed by atoms with Crippen LogP contribution < -0.4 is 0 Å². The first-order valence-corrected chi connectivity index (χ1v) is 7.23. The fourth-order valence-electron chi connectivity index (χ4n) is 1.79. The van der Waals surface area contributed by atoms with Crippen molar-refractivity contribution in [2.75, 3.05) is 6.61 Å². The minimum atomic E-state index is -1.14. The van der Waals surface area contributed by atoms with Gasteiger partial charge in [0.25, 0.3) is 0 Å². The summed E-state index contributed by atoms with van der Waals surface area (Å²) in [5.41, 5.74) is 0. The highest BCUT2D eigenvalue weighted by Crippen LogP contribution is 2.28. The molecule has 0 saturated carbocycles. The summed E-state index contributed by atoms with van der Waals surface area (Å²) in [4.78, 5) is 0. The van der Waals surface area contributed by atoms with Crippen molar-refractivity contribution in [1.82, 2.24) is 0 Å². The van der Waals surface area contributed by atoms with Gasteiger partial charge in [-0.25, -0.2) is 0 Å². The van der Waals surface area contributed by atoms with Crippen molar-refractivity contribution < 1.29 is 4.43 Å². The third-order valence-electron chi connectivity index (χ3n) is 2.40. The summed E-state index contributed by atoms with van der Waals surface area (Å²) in [5, 5.41) is 0. The minimum absolute atomic E-state index is 0.933. The maximum atomic E-state index is 5.81. The molecule has 0 aromatic carbocycles. The fourth-order valence-corrected chi connectivity index (χ4v) is 5.02. The van der Waals surface area contributed by atoms with Crippen LogP contribution in [0.1, 0.15) is 26.2 Å². The molecule has 0 aliphatic carbocycles. The Balaban J connectivity index is 2.32. The minimum Gasteiger partial charge on any atom is -0.417 e. The first kappa shape index (κ1) is 8.28. The average Bonchev–Trinajstić information content (AvgIpc) is 1.89. The maximum Gasteiger partial charge on any atom is 0.189 e. The van der Waals surface area contributed by atoms with Gasteiger partial charge >= 0.3 is 0 Å². The second-order valence-electron chi connectivity index (χ2n) is 3.44. The lowest BCUT2D eigenvalue weighted by Crippen LogP contribution is -2.36. The largest absolute Gasteiger partial charge is 0.417 e. The molecule has 0 atom stereocenters. The zero-order valence-corrected chi connectivity index (χ0v) is 8.15. The summed E-state index contributed by atoms with van der Waals surface area (Å²) in [6.45, 7) is 5.44. The third-order valence-corrected chi connectivity index (χ3v) is 6.21. The molecule has 2 heteroatoms. The van der Waals surface area contributed by atoms with Gasteiger partial charge in [-0.1, -0.05) is 19.3 Å². The van der Waals surface area contributed by atoms with Gasteiger partial charge in [0.15, 0.2) is 8.32 Å². The van der Waals surface area contributed by atoms with E-state index in [2.05, 4.69) is 13.5 Å². The molecule has 1 rings (SSSR count). The van der Waals surface area contributed by atoms with Gasteiger partial charge in [0.1, 0.15) is 0 Å². The molecule has 1 aliphatic heterocycles. The van der Waals surface area contributed by atoms with E-state index in [1.807, 2.05) is 0 Å². The summed E-state index contributed by atoms with van der Waals surface area (Å²) < 4.78 is 5.81. The molecule has 1 heterocycles. The van der Waals surface area contributed by atoms with Crippen molar-refractivity contribution in [3.05, 3.63) is 0 Å². The smallest absolute Gasteiger partial charge is 0.189 e. The van der Waals surface area contributed by atoms with Crippen molar-refractivity contribution in [2.45, 2.75) is 44.8 Å². The van der Waals surface area contributed by atoms with Crippen molar-refractivity contribution in [1.29, 1.82) is 0 Å². The Labute approximate surface area is 64.9 Å². The molecule has 1 fully saturated rings. The van der Waals surface area contributed by atoms with E-state index in [4.69, 9.17) is 4.43 Å². The Hall–Kier alpha value is 0.177. The van der Waals surface area contributed by atoms with Crippen LogP contribution in [0.25, 0.3) is 0 Å². The first-order valence-electron chi connectivity index (χ1n) is 4.41. The molecule has 1 saturated heterocycles. The predicted molar refractivity (Wildman–Crippen MR) is 46.7 cm³/mol. The van der Waals surface area contributed by atoms with Crippen molar-refractivity contribution in [3.8, 4) is 0 Å². The molecular formula is C8H18OSi. The Morgan fingerprint density at radius 3 is 2.30 bits per heavy atom. The molecule has 60 valence electrons. The summed E-state index contributed by atoms with van der Waals surface area (Å²) in [5.74, 6) is 0. The molecular weight excluding hydrogens is 140 g/mol. The number of rotatable bonds is 2. The lowest BCUT2D eigenvalue weighted by molar-refractivity contribution is 0.315. The molecule has 0 radical (unpaired) electrons. The van der Waals surface area contributed by atoms with Gasteiger partial charge < -0.3 is 4.43 Å². The zero-order chi connectivity index (χ0) is 7.45. The normalized spacial score (nSPS) is 24.6. The molecule has 1 aliphatic rings. The van der Waals surface area contributed by atoms with Crippen LogP contribution in [-0.4, -0.2) is 14.9 Å². The summed E-state index contributed by atoms with van der Waals surface area (Å²) in [7, 11) is -1.14. The van der Waals surface area contributed by atoms with E-state index < -0.39 is 8.32 Å². The van der Waals surface area contributed by atoms with Crippen LogP contribution in [0, 0.1) is 0 Å².